The summed E-state index contributed by atoms with van der Waals surface area (Å²) in [6, 6.07) is 5.92. The van der Waals surface area contributed by atoms with Crippen molar-refractivity contribution < 1.29 is 4.79 Å². The van der Waals surface area contributed by atoms with Gasteiger partial charge >= 0.3 is 0 Å². The molecule has 7 nitrogen and oxygen atoms in total. The van der Waals surface area contributed by atoms with Crippen molar-refractivity contribution in [2.24, 2.45) is 11.8 Å². The second-order valence-corrected chi connectivity index (χ2v) is 7.41. The molecular formula is C19H24N6O. The van der Waals surface area contributed by atoms with E-state index in [4.69, 9.17) is 0 Å². The largest absolute Gasteiger partial charge is 0.351 e. The van der Waals surface area contributed by atoms with Gasteiger partial charge in [-0.3, -0.25) is 4.79 Å². The van der Waals surface area contributed by atoms with Crippen LogP contribution in [0.2, 0.25) is 0 Å². The van der Waals surface area contributed by atoms with E-state index < -0.39 is 0 Å². The van der Waals surface area contributed by atoms with Crippen LogP contribution >= 0.6 is 0 Å². The molecule has 2 aromatic heterocycles. The van der Waals surface area contributed by atoms with Crippen molar-refractivity contribution in [3.8, 4) is 11.5 Å². The van der Waals surface area contributed by atoms with Crippen molar-refractivity contribution in [3.05, 3.63) is 23.9 Å². The van der Waals surface area contributed by atoms with Gasteiger partial charge in [0.2, 0.25) is 11.9 Å². The molecule has 136 valence electrons. The summed E-state index contributed by atoms with van der Waals surface area (Å²) < 4.78 is 0. The zero-order chi connectivity index (χ0) is 18.1. The van der Waals surface area contributed by atoms with E-state index in [2.05, 4.69) is 44.4 Å². The zero-order valence-electron chi connectivity index (χ0n) is 15.1. The molecule has 0 radical (unpaired) electrons. The Hall–Kier alpha value is -2.57. The maximum Gasteiger partial charge on any atom is 0.228 e. The van der Waals surface area contributed by atoms with Crippen molar-refractivity contribution in [1.29, 1.82) is 0 Å². The highest BCUT2D eigenvalue weighted by Crippen LogP contribution is 2.35. The molecule has 0 saturated heterocycles. The van der Waals surface area contributed by atoms with Gasteiger partial charge in [0.1, 0.15) is 11.4 Å². The van der Waals surface area contributed by atoms with E-state index in [1.165, 1.54) is 25.7 Å². The van der Waals surface area contributed by atoms with Gasteiger partial charge in [-0.1, -0.05) is 6.07 Å². The monoisotopic (exact) mass is 352 g/mol. The van der Waals surface area contributed by atoms with Gasteiger partial charge in [0.15, 0.2) is 12.1 Å². The molecule has 2 unspecified atom stereocenters. The van der Waals surface area contributed by atoms with Crippen LogP contribution in [0.15, 0.2) is 18.2 Å². The van der Waals surface area contributed by atoms with Gasteiger partial charge < -0.3 is 10.6 Å². The number of pyridine rings is 1. The minimum atomic E-state index is 0.327. The van der Waals surface area contributed by atoms with Gasteiger partial charge in [-0.2, -0.15) is 15.0 Å². The Morgan fingerprint density at radius 1 is 0.923 bits per heavy atom. The average molecular weight is 352 g/mol. The number of nitrogens with one attached hydrogen (secondary N) is 2. The fraction of sp³-hybridized carbons (Fsp3) is 0.526. The molecule has 2 atom stereocenters. The molecule has 0 aromatic carbocycles. The highest BCUT2D eigenvalue weighted by Gasteiger charge is 2.30. The molecule has 0 aliphatic heterocycles. The van der Waals surface area contributed by atoms with Crippen LogP contribution in [0.5, 0.6) is 0 Å². The summed E-state index contributed by atoms with van der Waals surface area (Å²) in [5, 5.41) is 6.80. The van der Waals surface area contributed by atoms with Gasteiger partial charge in [0.05, 0.1) is 0 Å². The number of carbonyl (C=O) groups is 1. The predicted molar refractivity (Wildman–Crippen MR) is 100 cm³/mol. The zero-order valence-corrected chi connectivity index (χ0v) is 15.1. The van der Waals surface area contributed by atoms with Gasteiger partial charge in [-0.15, -0.1) is 0 Å². The fourth-order valence-corrected chi connectivity index (χ4v) is 3.10. The minimum absolute atomic E-state index is 0.327. The summed E-state index contributed by atoms with van der Waals surface area (Å²) in [6.07, 6.45) is 5.73. The number of hydrogen-bond donors (Lipinski definition) is 2. The Kier molecular flexibility index (Phi) is 4.53. The van der Waals surface area contributed by atoms with Crippen molar-refractivity contribution in [3.63, 3.8) is 0 Å². The highest BCUT2D eigenvalue weighted by molar-refractivity contribution is 5.73. The quantitative estimate of drug-likeness (QED) is 0.705. The van der Waals surface area contributed by atoms with Crippen LogP contribution in [0, 0.1) is 11.8 Å². The van der Waals surface area contributed by atoms with Crippen LogP contribution in [0.3, 0.4) is 0 Å². The smallest absolute Gasteiger partial charge is 0.228 e. The van der Waals surface area contributed by atoms with Crippen molar-refractivity contribution >= 4 is 18.2 Å². The van der Waals surface area contributed by atoms with Crippen molar-refractivity contribution in [2.75, 3.05) is 10.6 Å². The summed E-state index contributed by atoms with van der Waals surface area (Å²) >= 11 is 0. The summed E-state index contributed by atoms with van der Waals surface area (Å²) in [7, 11) is 0. The molecule has 2 N–H and O–H groups in total. The normalized spacial score (nSPS) is 18.8. The highest BCUT2D eigenvalue weighted by atomic mass is 16.1. The first-order chi connectivity index (χ1) is 12.6. The number of rotatable bonds is 8. The third-order valence-electron chi connectivity index (χ3n) is 5.13. The Labute approximate surface area is 153 Å². The van der Waals surface area contributed by atoms with E-state index in [9.17, 15) is 4.79 Å². The van der Waals surface area contributed by atoms with Crippen LogP contribution in [-0.2, 0) is 0 Å². The number of nitrogens with zero attached hydrogens (tertiary/aromatic N) is 4. The molecule has 0 bridgehead atoms. The number of aromatic nitrogens is 4. The average Bonchev–Trinajstić information content (AvgIpc) is 3.53. The third-order valence-corrected chi connectivity index (χ3v) is 5.13. The van der Waals surface area contributed by atoms with E-state index in [1.54, 1.807) is 12.1 Å². The van der Waals surface area contributed by atoms with E-state index in [1.807, 2.05) is 6.07 Å². The summed E-state index contributed by atoms with van der Waals surface area (Å²) in [5.74, 6) is 2.96. The second-order valence-electron chi connectivity index (χ2n) is 7.41. The Morgan fingerprint density at radius 2 is 1.50 bits per heavy atom. The van der Waals surface area contributed by atoms with Crippen molar-refractivity contribution in [1.82, 2.24) is 19.9 Å². The van der Waals surface area contributed by atoms with E-state index >= 15 is 0 Å². The summed E-state index contributed by atoms with van der Waals surface area (Å²) in [5.41, 5.74) is 0.936. The number of hydrogen-bond acceptors (Lipinski definition) is 7. The number of aldehydes is 1. The molecule has 0 amide bonds. The summed E-state index contributed by atoms with van der Waals surface area (Å²) in [4.78, 5) is 29.0. The van der Waals surface area contributed by atoms with Crippen LogP contribution in [0.1, 0.15) is 50.0 Å². The molecular weight excluding hydrogens is 328 g/mol. The molecule has 2 aliphatic rings. The SMILES string of the molecule is CC(Nc1nc(NC(C)C2CC2)nc(-c2cccc(C=O)n2)n1)C1CC1. The molecule has 26 heavy (non-hydrogen) atoms. The molecule has 2 fully saturated rings. The molecule has 0 spiro atoms. The van der Waals surface area contributed by atoms with E-state index in [0.29, 0.717) is 53.0 Å². The molecule has 7 heteroatoms. The predicted octanol–water partition coefficient (Wildman–Crippen LogP) is 3.17. The van der Waals surface area contributed by atoms with Crippen LogP contribution in [0.25, 0.3) is 11.5 Å². The first kappa shape index (κ1) is 16.9. The van der Waals surface area contributed by atoms with Gasteiger partial charge in [-0.25, -0.2) is 4.98 Å². The van der Waals surface area contributed by atoms with Gasteiger partial charge in [0, 0.05) is 12.1 Å². The van der Waals surface area contributed by atoms with Crippen molar-refractivity contribution in [2.45, 2.75) is 51.6 Å². The summed E-state index contributed by atoms with van der Waals surface area (Å²) in [6.45, 7) is 4.32. The molecule has 4 rings (SSSR count). The Morgan fingerprint density at radius 3 is 2.00 bits per heavy atom. The van der Waals surface area contributed by atoms with Crippen LogP contribution in [0.4, 0.5) is 11.9 Å². The third kappa shape index (κ3) is 3.98. The van der Waals surface area contributed by atoms with Crippen LogP contribution < -0.4 is 10.6 Å². The maximum atomic E-state index is 11.0. The van der Waals surface area contributed by atoms with Crippen LogP contribution in [-0.4, -0.2) is 38.3 Å². The van der Waals surface area contributed by atoms with Gasteiger partial charge in [-0.05, 0) is 63.5 Å². The molecule has 2 heterocycles. The maximum absolute atomic E-state index is 11.0. The lowest BCUT2D eigenvalue weighted by molar-refractivity contribution is 0.111. The fourth-order valence-electron chi connectivity index (χ4n) is 3.10. The number of carbonyl (C=O) groups excluding carboxylic acids is 1. The standard InChI is InChI=1S/C19H24N6O/c1-11(13-6-7-13)20-18-23-17(16-5-3-4-15(10-26)22-16)24-19(25-18)21-12(2)14-8-9-14/h3-5,10-14H,6-9H2,1-2H3,(H2,20,21,23,24,25). The van der Waals surface area contributed by atoms with Gasteiger partial charge in [0.25, 0.3) is 0 Å². The Bertz CT molecular complexity index is 764. The Balaban J connectivity index is 1.64. The lowest BCUT2D eigenvalue weighted by Gasteiger charge is -2.16. The lowest BCUT2D eigenvalue weighted by atomic mass is 10.2. The lowest BCUT2D eigenvalue weighted by Crippen LogP contribution is -2.23. The minimum Gasteiger partial charge on any atom is -0.351 e. The first-order valence-corrected chi connectivity index (χ1v) is 9.34. The topological polar surface area (TPSA) is 92.7 Å². The first-order valence-electron chi connectivity index (χ1n) is 9.34. The second kappa shape index (κ2) is 6.97. The molecule has 2 saturated carbocycles. The van der Waals surface area contributed by atoms with E-state index in [0.717, 1.165) is 6.29 Å². The number of anilines is 2. The molecule has 2 aromatic rings. The van der Waals surface area contributed by atoms with E-state index in [-0.39, 0.29) is 0 Å². The molecule has 2 aliphatic carbocycles.